The first-order chi connectivity index (χ1) is 17.0. The quantitative estimate of drug-likeness (QED) is 0.276. The number of hydrogen-bond acceptors (Lipinski definition) is 6. The third-order valence-electron chi connectivity index (χ3n) is 5.64. The van der Waals surface area contributed by atoms with Crippen LogP contribution in [0.5, 0.6) is 5.75 Å². The molecule has 0 spiro atoms. The van der Waals surface area contributed by atoms with Crippen LogP contribution in [0.2, 0.25) is 0 Å². The highest BCUT2D eigenvalue weighted by Gasteiger charge is 2.21. The summed E-state index contributed by atoms with van der Waals surface area (Å²) in [5.74, 6) is -0.422. The molecular formula is C28H26N2O4S. The smallest absolute Gasteiger partial charge is 0.326 e. The Bertz CT molecular complexity index is 1290. The van der Waals surface area contributed by atoms with Gasteiger partial charge in [-0.1, -0.05) is 54.6 Å². The number of carboxylic acids is 1. The highest BCUT2D eigenvalue weighted by Crippen LogP contribution is 2.22. The number of carboxylic acid groups (broad SMARTS) is 1. The summed E-state index contributed by atoms with van der Waals surface area (Å²) in [7, 11) is 0. The first-order valence-electron chi connectivity index (χ1n) is 11.3. The number of aryl methyl sites for hydroxylation is 1. The van der Waals surface area contributed by atoms with Crippen molar-refractivity contribution in [2.24, 2.45) is 0 Å². The lowest BCUT2D eigenvalue weighted by Gasteiger charge is -2.18. The van der Waals surface area contributed by atoms with Gasteiger partial charge in [0.2, 0.25) is 0 Å². The summed E-state index contributed by atoms with van der Waals surface area (Å²) in [6.45, 7) is 2.54. The summed E-state index contributed by atoms with van der Waals surface area (Å²) in [4.78, 5) is 30.5. The number of thiazole rings is 1. The molecule has 178 valence electrons. The minimum absolute atomic E-state index is 0.159. The molecule has 0 bridgehead atoms. The molecule has 0 saturated heterocycles. The third-order valence-corrected chi connectivity index (χ3v) is 6.64. The largest absolute Gasteiger partial charge is 0.493 e. The van der Waals surface area contributed by atoms with Crippen LogP contribution in [0.3, 0.4) is 0 Å². The molecule has 1 atom stereocenters. The van der Waals surface area contributed by atoms with Crippen molar-refractivity contribution >= 4 is 28.8 Å². The molecule has 1 aromatic heterocycles. The summed E-state index contributed by atoms with van der Waals surface area (Å²) in [6, 6.07) is 22.5. The molecule has 0 aliphatic heterocycles. The minimum Gasteiger partial charge on any atom is -0.493 e. The number of nitrogens with zero attached hydrogens (tertiary/aromatic N) is 1. The van der Waals surface area contributed by atoms with Gasteiger partial charge in [-0.3, -0.25) is 4.79 Å². The second-order valence-electron chi connectivity index (χ2n) is 8.08. The van der Waals surface area contributed by atoms with Crippen molar-refractivity contribution in [3.8, 4) is 5.75 Å². The van der Waals surface area contributed by atoms with Gasteiger partial charge in [0.1, 0.15) is 11.8 Å². The van der Waals surface area contributed by atoms with Crippen LogP contribution in [0, 0.1) is 6.92 Å². The maximum atomic E-state index is 13.0. The maximum Gasteiger partial charge on any atom is 0.326 e. The van der Waals surface area contributed by atoms with Crippen LogP contribution in [-0.2, 0) is 17.6 Å². The van der Waals surface area contributed by atoms with Crippen molar-refractivity contribution in [3.63, 3.8) is 0 Å². The van der Waals surface area contributed by atoms with E-state index in [-0.39, 0.29) is 12.2 Å². The number of ether oxygens (including phenoxy) is 1. The molecule has 4 rings (SSSR count). The predicted molar refractivity (Wildman–Crippen MR) is 138 cm³/mol. The van der Waals surface area contributed by atoms with Crippen LogP contribution in [0.1, 0.15) is 32.1 Å². The van der Waals surface area contributed by atoms with E-state index in [9.17, 15) is 14.7 Å². The third kappa shape index (κ3) is 6.33. The van der Waals surface area contributed by atoms with Gasteiger partial charge in [-0.2, -0.15) is 0 Å². The van der Waals surface area contributed by atoms with Crippen LogP contribution in [-0.4, -0.2) is 34.5 Å². The fraction of sp³-hybridized carbons (Fsp3) is 0.179. The van der Waals surface area contributed by atoms with E-state index in [1.165, 1.54) is 4.88 Å². The van der Waals surface area contributed by atoms with Gasteiger partial charge in [-0.15, -0.1) is 11.3 Å². The van der Waals surface area contributed by atoms with Crippen LogP contribution >= 0.6 is 11.3 Å². The molecule has 1 unspecified atom stereocenters. The first kappa shape index (κ1) is 24.2. The molecular weight excluding hydrogens is 460 g/mol. The van der Waals surface area contributed by atoms with Crippen molar-refractivity contribution < 1.29 is 19.4 Å². The van der Waals surface area contributed by atoms with Gasteiger partial charge in [0, 0.05) is 34.5 Å². The van der Waals surface area contributed by atoms with E-state index in [0.717, 1.165) is 23.4 Å². The van der Waals surface area contributed by atoms with Gasteiger partial charge >= 0.3 is 5.97 Å². The fourth-order valence-electron chi connectivity index (χ4n) is 3.72. The normalized spacial score (nSPS) is 11.6. The summed E-state index contributed by atoms with van der Waals surface area (Å²) >= 11 is 1.62. The standard InChI is InChI=1S/C28H26N2O4S/c1-19-26(35-18-29-19)15-16-34-22-13-11-20(12-14-22)17-25(28(32)33)30-24-10-6-5-9-23(24)27(31)21-7-3-2-4-8-21/h2-14,18,25,30H,15-17H2,1H3,(H,32,33). The topological polar surface area (TPSA) is 88.5 Å². The molecule has 0 saturated carbocycles. The van der Waals surface area contributed by atoms with E-state index in [1.54, 1.807) is 59.9 Å². The number of para-hydroxylation sites is 1. The summed E-state index contributed by atoms with van der Waals surface area (Å²) in [5, 5.41) is 12.9. The highest BCUT2D eigenvalue weighted by molar-refractivity contribution is 7.09. The number of benzene rings is 3. The van der Waals surface area contributed by atoms with Gasteiger partial charge in [0.15, 0.2) is 5.78 Å². The van der Waals surface area contributed by atoms with E-state index >= 15 is 0 Å². The Morgan fingerprint density at radius 1 is 1.00 bits per heavy atom. The number of hydrogen-bond donors (Lipinski definition) is 2. The van der Waals surface area contributed by atoms with Gasteiger partial charge in [0.25, 0.3) is 0 Å². The average molecular weight is 487 g/mol. The van der Waals surface area contributed by atoms with E-state index in [1.807, 2.05) is 42.8 Å². The number of ketones is 1. The molecule has 0 amide bonds. The molecule has 1 heterocycles. The Morgan fingerprint density at radius 3 is 2.40 bits per heavy atom. The summed E-state index contributed by atoms with van der Waals surface area (Å²) in [5.41, 5.74) is 5.20. The Morgan fingerprint density at radius 2 is 1.71 bits per heavy atom. The highest BCUT2D eigenvalue weighted by atomic mass is 32.1. The van der Waals surface area contributed by atoms with Crippen molar-refractivity contribution in [3.05, 3.63) is 112 Å². The predicted octanol–water partition coefficient (Wildman–Crippen LogP) is 5.41. The monoisotopic (exact) mass is 486 g/mol. The van der Waals surface area contributed by atoms with Crippen LogP contribution in [0.4, 0.5) is 5.69 Å². The molecule has 6 nitrogen and oxygen atoms in total. The number of nitrogens with one attached hydrogen (secondary N) is 1. The zero-order valence-corrected chi connectivity index (χ0v) is 20.1. The molecule has 0 aliphatic rings. The number of carbonyl (C=O) groups excluding carboxylic acids is 1. The van der Waals surface area contributed by atoms with Crippen LogP contribution in [0.25, 0.3) is 0 Å². The van der Waals surface area contributed by atoms with Gasteiger partial charge in [-0.05, 0) is 36.8 Å². The molecule has 0 aliphatic carbocycles. The van der Waals surface area contributed by atoms with Gasteiger partial charge in [-0.25, -0.2) is 9.78 Å². The van der Waals surface area contributed by atoms with E-state index in [4.69, 9.17) is 4.74 Å². The molecule has 0 radical (unpaired) electrons. The second kappa shape index (κ2) is 11.4. The van der Waals surface area contributed by atoms with Crippen molar-refractivity contribution in [1.82, 2.24) is 4.98 Å². The lowest BCUT2D eigenvalue weighted by molar-refractivity contribution is -0.137. The second-order valence-corrected chi connectivity index (χ2v) is 9.02. The lowest BCUT2D eigenvalue weighted by atomic mass is 10.00. The summed E-state index contributed by atoms with van der Waals surface area (Å²) in [6.07, 6.45) is 1.05. The number of carbonyl (C=O) groups is 2. The fourth-order valence-corrected chi connectivity index (χ4v) is 4.49. The van der Waals surface area contributed by atoms with Crippen molar-refractivity contribution in [2.45, 2.75) is 25.8 Å². The van der Waals surface area contributed by atoms with Crippen LogP contribution in [0.15, 0.2) is 84.4 Å². The molecule has 4 aromatic rings. The van der Waals surface area contributed by atoms with Gasteiger partial charge < -0.3 is 15.2 Å². The lowest BCUT2D eigenvalue weighted by Crippen LogP contribution is -2.32. The Labute approximate surface area is 208 Å². The van der Waals surface area contributed by atoms with E-state index < -0.39 is 12.0 Å². The number of aromatic nitrogens is 1. The zero-order valence-electron chi connectivity index (χ0n) is 19.3. The molecule has 2 N–H and O–H groups in total. The van der Waals surface area contributed by atoms with Crippen molar-refractivity contribution in [1.29, 1.82) is 0 Å². The Hall–Kier alpha value is -3.97. The molecule has 3 aromatic carbocycles. The molecule has 35 heavy (non-hydrogen) atoms. The summed E-state index contributed by atoms with van der Waals surface area (Å²) < 4.78 is 5.83. The van der Waals surface area contributed by atoms with Gasteiger partial charge in [0.05, 0.1) is 17.8 Å². The average Bonchev–Trinajstić information content (AvgIpc) is 3.29. The number of anilines is 1. The maximum absolute atomic E-state index is 13.0. The van der Waals surface area contributed by atoms with E-state index in [0.29, 0.717) is 23.4 Å². The number of rotatable bonds is 11. The molecule has 0 fully saturated rings. The Balaban J connectivity index is 1.41. The first-order valence-corrected chi connectivity index (χ1v) is 12.2. The SMILES string of the molecule is Cc1ncsc1CCOc1ccc(CC(Nc2ccccc2C(=O)c2ccccc2)C(=O)O)cc1. The number of aliphatic carboxylic acids is 1. The molecule has 7 heteroatoms. The van der Waals surface area contributed by atoms with Crippen molar-refractivity contribution in [2.75, 3.05) is 11.9 Å². The zero-order chi connectivity index (χ0) is 24.6. The minimum atomic E-state index is -0.993. The van der Waals surface area contributed by atoms with Crippen LogP contribution < -0.4 is 10.1 Å². The van der Waals surface area contributed by atoms with E-state index in [2.05, 4.69) is 10.3 Å². The Kier molecular flexibility index (Phi) is 7.90.